The molecular formula is C15H23N3O. The highest BCUT2D eigenvalue weighted by Gasteiger charge is 2.22. The van der Waals surface area contributed by atoms with Crippen LogP contribution in [0.3, 0.4) is 0 Å². The molecule has 0 bridgehead atoms. The number of likely N-dealkylation sites (tertiary alicyclic amines) is 1. The first-order chi connectivity index (χ1) is 9.20. The quantitative estimate of drug-likeness (QED) is 0.894. The lowest BCUT2D eigenvalue weighted by Gasteiger charge is -2.32. The summed E-state index contributed by atoms with van der Waals surface area (Å²) in [5.41, 5.74) is 7.57. The lowest BCUT2D eigenvalue weighted by atomic mass is 9.93. The molecule has 0 aromatic carbocycles. The van der Waals surface area contributed by atoms with Gasteiger partial charge in [0.15, 0.2) is 0 Å². The summed E-state index contributed by atoms with van der Waals surface area (Å²) in [5, 5.41) is 0. The first-order valence-corrected chi connectivity index (χ1v) is 7.09. The third kappa shape index (κ3) is 3.77. The molecule has 4 heteroatoms. The summed E-state index contributed by atoms with van der Waals surface area (Å²) in [4.78, 5) is 18.5. The van der Waals surface area contributed by atoms with Gasteiger partial charge in [0.2, 0.25) is 5.91 Å². The van der Waals surface area contributed by atoms with Gasteiger partial charge in [-0.2, -0.15) is 0 Å². The number of piperidine rings is 1. The summed E-state index contributed by atoms with van der Waals surface area (Å²) in [7, 11) is 0. The molecular weight excluding hydrogens is 238 g/mol. The maximum Gasteiger partial charge on any atom is 0.228 e. The number of carbonyl (C=O) groups excluding carboxylic acids is 1. The Hall–Kier alpha value is -1.42. The van der Waals surface area contributed by atoms with E-state index in [0.29, 0.717) is 12.3 Å². The average molecular weight is 261 g/mol. The van der Waals surface area contributed by atoms with Gasteiger partial charge in [0, 0.05) is 19.3 Å². The van der Waals surface area contributed by atoms with Crippen LogP contribution in [0.5, 0.6) is 0 Å². The third-order valence-electron chi connectivity index (χ3n) is 3.98. The van der Waals surface area contributed by atoms with Crippen molar-refractivity contribution in [2.75, 3.05) is 19.6 Å². The Morgan fingerprint density at radius 1 is 1.47 bits per heavy atom. The number of amides is 1. The van der Waals surface area contributed by atoms with Crippen molar-refractivity contribution in [2.45, 2.75) is 32.6 Å². The van der Waals surface area contributed by atoms with Gasteiger partial charge in [-0.1, -0.05) is 6.07 Å². The Morgan fingerprint density at radius 2 is 2.21 bits per heavy atom. The fourth-order valence-electron chi connectivity index (χ4n) is 2.67. The molecule has 1 aliphatic heterocycles. The maximum atomic E-state index is 12.2. The highest BCUT2D eigenvalue weighted by molar-refractivity contribution is 5.78. The molecule has 0 spiro atoms. The monoisotopic (exact) mass is 261 g/mol. The zero-order chi connectivity index (χ0) is 13.7. The molecule has 0 radical (unpaired) electrons. The minimum atomic E-state index is 0.202. The number of carbonyl (C=O) groups is 1. The van der Waals surface area contributed by atoms with Gasteiger partial charge in [0.05, 0.1) is 12.1 Å². The Labute approximate surface area is 115 Å². The van der Waals surface area contributed by atoms with Gasteiger partial charge in [-0.05, 0) is 50.3 Å². The van der Waals surface area contributed by atoms with Crippen molar-refractivity contribution < 1.29 is 4.79 Å². The molecule has 0 saturated carbocycles. The second kappa shape index (κ2) is 6.66. The molecule has 1 saturated heterocycles. The van der Waals surface area contributed by atoms with Crippen LogP contribution in [0.4, 0.5) is 0 Å². The van der Waals surface area contributed by atoms with E-state index in [4.69, 9.17) is 5.73 Å². The summed E-state index contributed by atoms with van der Waals surface area (Å²) in [5.74, 6) is 0.902. The van der Waals surface area contributed by atoms with Crippen LogP contribution in [0, 0.1) is 12.8 Å². The van der Waals surface area contributed by atoms with Crippen LogP contribution in [0.2, 0.25) is 0 Å². The molecule has 1 aliphatic rings. The zero-order valence-electron chi connectivity index (χ0n) is 11.6. The molecule has 1 aromatic rings. The van der Waals surface area contributed by atoms with Gasteiger partial charge in [-0.15, -0.1) is 0 Å². The van der Waals surface area contributed by atoms with Crippen LogP contribution >= 0.6 is 0 Å². The molecule has 4 nitrogen and oxygen atoms in total. The topological polar surface area (TPSA) is 59.2 Å². The van der Waals surface area contributed by atoms with Gasteiger partial charge < -0.3 is 10.6 Å². The molecule has 0 aliphatic carbocycles. The molecule has 0 atom stereocenters. The van der Waals surface area contributed by atoms with Gasteiger partial charge in [0.25, 0.3) is 0 Å². The van der Waals surface area contributed by atoms with E-state index in [2.05, 4.69) is 4.98 Å². The van der Waals surface area contributed by atoms with Gasteiger partial charge in [-0.3, -0.25) is 9.78 Å². The largest absolute Gasteiger partial charge is 0.342 e. The van der Waals surface area contributed by atoms with Crippen LogP contribution in [-0.2, 0) is 11.2 Å². The lowest BCUT2D eigenvalue weighted by molar-refractivity contribution is -0.131. The Balaban J connectivity index is 1.87. The second-order valence-corrected chi connectivity index (χ2v) is 5.35. The van der Waals surface area contributed by atoms with Crippen LogP contribution in [0.1, 0.15) is 30.5 Å². The fourth-order valence-corrected chi connectivity index (χ4v) is 2.67. The van der Waals surface area contributed by atoms with Crippen molar-refractivity contribution >= 4 is 5.91 Å². The number of rotatable bonds is 4. The highest BCUT2D eigenvalue weighted by Crippen LogP contribution is 2.20. The highest BCUT2D eigenvalue weighted by atomic mass is 16.2. The van der Waals surface area contributed by atoms with Crippen LogP contribution in [0.15, 0.2) is 18.3 Å². The summed E-state index contributed by atoms with van der Waals surface area (Å²) < 4.78 is 0. The van der Waals surface area contributed by atoms with E-state index in [1.807, 2.05) is 24.0 Å². The summed E-state index contributed by atoms with van der Waals surface area (Å²) in [6.45, 7) is 4.50. The van der Waals surface area contributed by atoms with Crippen LogP contribution in [-0.4, -0.2) is 35.4 Å². The van der Waals surface area contributed by atoms with E-state index < -0.39 is 0 Å². The van der Waals surface area contributed by atoms with E-state index in [1.54, 1.807) is 6.20 Å². The molecule has 104 valence electrons. The molecule has 1 aromatic heterocycles. The number of nitrogens with two attached hydrogens (primary N) is 1. The summed E-state index contributed by atoms with van der Waals surface area (Å²) in [6.07, 6.45) is 5.44. The number of aromatic nitrogens is 1. The fraction of sp³-hybridized carbons (Fsp3) is 0.600. The predicted molar refractivity (Wildman–Crippen MR) is 75.7 cm³/mol. The number of hydrogen-bond acceptors (Lipinski definition) is 3. The van der Waals surface area contributed by atoms with E-state index >= 15 is 0 Å². The normalized spacial score (nSPS) is 16.6. The van der Waals surface area contributed by atoms with Crippen molar-refractivity contribution in [3.8, 4) is 0 Å². The zero-order valence-corrected chi connectivity index (χ0v) is 11.6. The SMILES string of the molecule is Cc1cccnc1CC(=O)N1CCC(CCN)CC1. The molecule has 1 amide bonds. The van der Waals surface area contributed by atoms with E-state index in [-0.39, 0.29) is 5.91 Å². The van der Waals surface area contributed by atoms with Crippen LogP contribution in [0.25, 0.3) is 0 Å². The van der Waals surface area contributed by atoms with Gasteiger partial charge in [-0.25, -0.2) is 0 Å². The van der Waals surface area contributed by atoms with E-state index in [0.717, 1.165) is 50.2 Å². The standard InChI is InChI=1S/C15H23N3O/c1-12-3-2-8-17-14(12)11-15(19)18-9-5-13(4-7-16)6-10-18/h2-3,8,13H,4-7,9-11,16H2,1H3. The number of pyridine rings is 1. The van der Waals surface area contributed by atoms with Crippen molar-refractivity contribution in [1.82, 2.24) is 9.88 Å². The first-order valence-electron chi connectivity index (χ1n) is 7.09. The van der Waals surface area contributed by atoms with E-state index in [1.165, 1.54) is 0 Å². The molecule has 2 heterocycles. The molecule has 2 N–H and O–H groups in total. The predicted octanol–water partition coefficient (Wildman–Crippen LogP) is 1.52. The Morgan fingerprint density at radius 3 is 2.84 bits per heavy atom. The number of nitrogens with zero attached hydrogens (tertiary/aromatic N) is 2. The van der Waals surface area contributed by atoms with E-state index in [9.17, 15) is 4.79 Å². The lowest BCUT2D eigenvalue weighted by Crippen LogP contribution is -2.39. The van der Waals surface area contributed by atoms with Gasteiger partial charge in [0.1, 0.15) is 0 Å². The Kier molecular flexibility index (Phi) is 4.91. The summed E-state index contributed by atoms with van der Waals surface area (Å²) in [6, 6.07) is 3.91. The average Bonchev–Trinajstić information content (AvgIpc) is 2.42. The minimum absolute atomic E-state index is 0.202. The van der Waals surface area contributed by atoms with Crippen LogP contribution < -0.4 is 5.73 Å². The summed E-state index contributed by atoms with van der Waals surface area (Å²) >= 11 is 0. The first kappa shape index (κ1) is 14.0. The van der Waals surface area contributed by atoms with Crippen molar-refractivity contribution in [2.24, 2.45) is 11.7 Å². The van der Waals surface area contributed by atoms with Crippen molar-refractivity contribution in [1.29, 1.82) is 0 Å². The Bertz CT molecular complexity index is 425. The van der Waals surface area contributed by atoms with Gasteiger partial charge >= 0.3 is 0 Å². The molecule has 0 unspecified atom stereocenters. The minimum Gasteiger partial charge on any atom is -0.342 e. The number of hydrogen-bond donors (Lipinski definition) is 1. The maximum absolute atomic E-state index is 12.2. The molecule has 1 fully saturated rings. The van der Waals surface area contributed by atoms with Crippen molar-refractivity contribution in [3.05, 3.63) is 29.6 Å². The molecule has 2 rings (SSSR count). The second-order valence-electron chi connectivity index (χ2n) is 5.35. The third-order valence-corrected chi connectivity index (χ3v) is 3.98. The van der Waals surface area contributed by atoms with Crippen molar-refractivity contribution in [3.63, 3.8) is 0 Å². The molecule has 19 heavy (non-hydrogen) atoms. The number of aryl methyl sites for hydroxylation is 1. The smallest absolute Gasteiger partial charge is 0.228 e.